The zero-order chi connectivity index (χ0) is 12.0. The van der Waals surface area contributed by atoms with E-state index in [1.165, 1.54) is 6.20 Å². The highest BCUT2D eigenvalue weighted by Crippen LogP contribution is 2.19. The van der Waals surface area contributed by atoms with Crippen molar-refractivity contribution in [3.05, 3.63) is 11.2 Å². The van der Waals surface area contributed by atoms with Gasteiger partial charge in [0.05, 0.1) is 6.20 Å². The number of nitrogens with two attached hydrogens (primary N) is 1. The fourth-order valence-electron chi connectivity index (χ4n) is 1.07. The van der Waals surface area contributed by atoms with Gasteiger partial charge in [-0.15, -0.1) is 0 Å². The van der Waals surface area contributed by atoms with Gasteiger partial charge < -0.3 is 5.32 Å². The lowest BCUT2D eigenvalue weighted by Crippen LogP contribution is -2.13. The van der Waals surface area contributed by atoms with Crippen LogP contribution in [0, 0.1) is 0 Å². The molecule has 0 aliphatic heterocycles. The van der Waals surface area contributed by atoms with Crippen molar-refractivity contribution < 1.29 is 0 Å². The first-order valence-electron chi connectivity index (χ1n) is 4.93. The van der Waals surface area contributed by atoms with E-state index in [-0.39, 0.29) is 0 Å². The molecule has 0 aliphatic rings. The maximum absolute atomic E-state index is 5.94. The van der Waals surface area contributed by atoms with E-state index in [1.54, 1.807) is 0 Å². The van der Waals surface area contributed by atoms with E-state index in [9.17, 15) is 0 Å². The van der Waals surface area contributed by atoms with E-state index >= 15 is 0 Å². The van der Waals surface area contributed by atoms with Crippen LogP contribution in [0.15, 0.2) is 6.20 Å². The third-order valence-electron chi connectivity index (χ3n) is 2.12. The van der Waals surface area contributed by atoms with Gasteiger partial charge in [-0.1, -0.05) is 18.5 Å². The molecule has 0 amide bonds. The van der Waals surface area contributed by atoms with Crippen LogP contribution in [0.25, 0.3) is 0 Å². The molecule has 7 heteroatoms. The van der Waals surface area contributed by atoms with Crippen molar-refractivity contribution in [2.24, 2.45) is 5.84 Å². The summed E-state index contributed by atoms with van der Waals surface area (Å²) in [5.74, 6) is 6.18. The Morgan fingerprint density at radius 3 is 3.00 bits per heavy atom. The largest absolute Gasteiger partial charge is 0.369 e. The lowest BCUT2D eigenvalue weighted by atomic mass is 10.3. The Kier molecular flexibility index (Phi) is 5.65. The molecule has 0 bridgehead atoms. The maximum atomic E-state index is 5.94. The van der Waals surface area contributed by atoms with Crippen LogP contribution in [0.3, 0.4) is 0 Å². The summed E-state index contributed by atoms with van der Waals surface area (Å²) >= 11 is 7.77. The fraction of sp³-hybridized carbons (Fsp3) is 0.556. The van der Waals surface area contributed by atoms with Gasteiger partial charge in [-0.2, -0.15) is 16.7 Å². The van der Waals surface area contributed by atoms with Crippen molar-refractivity contribution in [3.8, 4) is 0 Å². The van der Waals surface area contributed by atoms with Crippen molar-refractivity contribution in [2.75, 3.05) is 23.5 Å². The van der Waals surface area contributed by atoms with E-state index < -0.39 is 0 Å². The number of rotatable bonds is 6. The van der Waals surface area contributed by atoms with E-state index in [4.69, 9.17) is 17.4 Å². The molecule has 1 rings (SSSR count). The summed E-state index contributed by atoms with van der Waals surface area (Å²) in [4.78, 5) is 8.01. The third-order valence-corrected chi connectivity index (χ3v) is 3.44. The summed E-state index contributed by atoms with van der Waals surface area (Å²) in [6, 6.07) is 0. The lowest BCUT2D eigenvalue weighted by Gasteiger charge is -2.11. The molecule has 4 N–H and O–H groups in total. The molecule has 1 unspecified atom stereocenters. The number of anilines is 2. The number of nitrogens with one attached hydrogen (secondary N) is 2. The van der Waals surface area contributed by atoms with Crippen LogP contribution < -0.4 is 16.6 Å². The lowest BCUT2D eigenvalue weighted by molar-refractivity contribution is 0.849. The second-order valence-corrected chi connectivity index (χ2v) is 4.98. The molecule has 1 atom stereocenters. The highest BCUT2D eigenvalue weighted by Gasteiger charge is 2.05. The molecular weight excluding hydrogens is 246 g/mol. The van der Waals surface area contributed by atoms with Gasteiger partial charge in [0.1, 0.15) is 5.02 Å². The number of hydrogen-bond acceptors (Lipinski definition) is 6. The van der Waals surface area contributed by atoms with Crippen LogP contribution in [0.2, 0.25) is 5.02 Å². The summed E-state index contributed by atoms with van der Waals surface area (Å²) in [5.41, 5.74) is 2.38. The SMILES string of the molecule is CSC(C)CCNc1nc(NN)ncc1Cl. The first kappa shape index (κ1) is 13.3. The Morgan fingerprint density at radius 1 is 1.62 bits per heavy atom. The highest BCUT2D eigenvalue weighted by molar-refractivity contribution is 7.99. The van der Waals surface area contributed by atoms with Gasteiger partial charge in [0.25, 0.3) is 0 Å². The number of thioether (sulfide) groups is 1. The number of nitrogen functional groups attached to an aromatic ring is 1. The minimum atomic E-state index is 0.352. The van der Waals surface area contributed by atoms with Crippen molar-refractivity contribution in [2.45, 2.75) is 18.6 Å². The first-order chi connectivity index (χ1) is 7.67. The Labute approximate surface area is 105 Å². The predicted octanol–water partition coefficient (Wildman–Crippen LogP) is 1.97. The van der Waals surface area contributed by atoms with Gasteiger partial charge in [0.2, 0.25) is 5.95 Å². The molecule has 1 aromatic heterocycles. The van der Waals surface area contributed by atoms with Crippen LogP contribution in [0.5, 0.6) is 0 Å². The quantitative estimate of drug-likeness (QED) is 0.537. The normalized spacial score (nSPS) is 12.2. The first-order valence-corrected chi connectivity index (χ1v) is 6.59. The Balaban J connectivity index is 2.52. The van der Waals surface area contributed by atoms with Gasteiger partial charge in [-0.05, 0) is 12.7 Å². The van der Waals surface area contributed by atoms with Crippen LogP contribution in [0.4, 0.5) is 11.8 Å². The summed E-state index contributed by atoms with van der Waals surface area (Å²) in [5, 5.41) is 4.27. The summed E-state index contributed by atoms with van der Waals surface area (Å²) < 4.78 is 0. The predicted molar refractivity (Wildman–Crippen MR) is 70.9 cm³/mol. The minimum Gasteiger partial charge on any atom is -0.369 e. The molecule has 0 radical (unpaired) electrons. The molecule has 0 saturated carbocycles. The molecule has 1 heterocycles. The number of hydrazine groups is 1. The van der Waals surface area contributed by atoms with Gasteiger partial charge in [-0.3, -0.25) is 5.43 Å². The van der Waals surface area contributed by atoms with Crippen LogP contribution in [-0.2, 0) is 0 Å². The minimum absolute atomic E-state index is 0.352. The number of hydrogen-bond donors (Lipinski definition) is 3. The molecular formula is C9H16ClN5S. The van der Waals surface area contributed by atoms with Crippen LogP contribution >= 0.6 is 23.4 Å². The fourth-order valence-corrected chi connectivity index (χ4v) is 1.58. The Morgan fingerprint density at radius 2 is 2.38 bits per heavy atom. The summed E-state index contributed by atoms with van der Waals surface area (Å²) in [6.07, 6.45) is 4.66. The number of nitrogens with zero attached hydrogens (tertiary/aromatic N) is 2. The topological polar surface area (TPSA) is 75.9 Å². The Hall–Kier alpha value is -0.720. The third kappa shape index (κ3) is 4.03. The zero-order valence-electron chi connectivity index (χ0n) is 9.33. The average molecular weight is 262 g/mol. The van der Waals surface area contributed by atoms with E-state index in [1.807, 2.05) is 11.8 Å². The average Bonchev–Trinajstić information content (AvgIpc) is 2.31. The second-order valence-electron chi connectivity index (χ2n) is 3.30. The van der Waals surface area contributed by atoms with Gasteiger partial charge in [-0.25, -0.2) is 10.8 Å². The zero-order valence-corrected chi connectivity index (χ0v) is 10.9. The van der Waals surface area contributed by atoms with Crippen molar-refractivity contribution in [1.82, 2.24) is 9.97 Å². The molecule has 90 valence electrons. The Bertz CT molecular complexity index is 336. The van der Waals surface area contributed by atoms with Gasteiger partial charge in [0.15, 0.2) is 5.82 Å². The maximum Gasteiger partial charge on any atom is 0.239 e. The molecule has 16 heavy (non-hydrogen) atoms. The molecule has 0 spiro atoms. The van der Waals surface area contributed by atoms with E-state index in [0.29, 0.717) is 22.0 Å². The van der Waals surface area contributed by atoms with Gasteiger partial charge >= 0.3 is 0 Å². The van der Waals surface area contributed by atoms with Crippen molar-refractivity contribution in [1.29, 1.82) is 0 Å². The van der Waals surface area contributed by atoms with Crippen molar-refractivity contribution >= 4 is 35.1 Å². The molecule has 5 nitrogen and oxygen atoms in total. The van der Waals surface area contributed by atoms with E-state index in [2.05, 4.69) is 33.9 Å². The monoisotopic (exact) mass is 261 g/mol. The van der Waals surface area contributed by atoms with Crippen molar-refractivity contribution in [3.63, 3.8) is 0 Å². The highest BCUT2D eigenvalue weighted by atomic mass is 35.5. The summed E-state index contributed by atoms with van der Waals surface area (Å²) in [7, 11) is 0. The van der Waals surface area contributed by atoms with E-state index in [0.717, 1.165) is 13.0 Å². The molecule has 0 fully saturated rings. The summed E-state index contributed by atoms with van der Waals surface area (Å²) in [6.45, 7) is 3.00. The molecule has 0 saturated heterocycles. The number of aromatic nitrogens is 2. The standard InChI is InChI=1S/C9H16ClN5S/c1-6(16-2)3-4-12-8-7(10)5-13-9(14-8)15-11/h5-6H,3-4,11H2,1-2H3,(H2,12,13,14,15). The second kappa shape index (κ2) is 6.78. The van der Waals surface area contributed by atoms with Crippen LogP contribution in [-0.4, -0.2) is 28.0 Å². The van der Waals surface area contributed by atoms with Crippen LogP contribution in [0.1, 0.15) is 13.3 Å². The molecule has 0 aliphatic carbocycles. The molecule has 1 aromatic rings. The number of halogens is 1. The molecule has 0 aromatic carbocycles. The smallest absolute Gasteiger partial charge is 0.239 e. The van der Waals surface area contributed by atoms with Gasteiger partial charge in [0, 0.05) is 11.8 Å².